The first kappa shape index (κ1) is 20.3. The third-order valence-electron chi connectivity index (χ3n) is 6.57. The van der Waals surface area contributed by atoms with Gasteiger partial charge in [-0.2, -0.15) is 0 Å². The average molecular weight is 418 g/mol. The Hall–Kier alpha value is -2.56. The van der Waals surface area contributed by atoms with Crippen LogP contribution in [0.3, 0.4) is 0 Å². The molecule has 0 spiro atoms. The van der Waals surface area contributed by atoms with Crippen LogP contribution in [-0.2, 0) is 25.7 Å². The fourth-order valence-corrected chi connectivity index (χ4v) is 4.84. The van der Waals surface area contributed by atoms with Crippen molar-refractivity contribution in [2.45, 2.75) is 57.1 Å². The Morgan fingerprint density at radius 2 is 1.77 bits per heavy atom. The summed E-state index contributed by atoms with van der Waals surface area (Å²) in [7, 11) is 0. The molecule has 0 fully saturated rings. The van der Waals surface area contributed by atoms with Gasteiger partial charge in [-0.05, 0) is 73.4 Å². The van der Waals surface area contributed by atoms with Crippen molar-refractivity contribution in [3.05, 3.63) is 77.0 Å². The van der Waals surface area contributed by atoms with E-state index in [1.807, 2.05) is 24.3 Å². The lowest BCUT2D eigenvalue weighted by Gasteiger charge is -2.26. The van der Waals surface area contributed by atoms with Gasteiger partial charge in [0.25, 0.3) is 0 Å². The minimum absolute atomic E-state index is 0.258. The molecule has 2 N–H and O–H groups in total. The molecule has 2 aliphatic rings. The smallest absolute Gasteiger partial charge is 0.138 e. The van der Waals surface area contributed by atoms with Crippen LogP contribution in [-0.4, -0.2) is 30.4 Å². The van der Waals surface area contributed by atoms with Crippen molar-refractivity contribution in [2.75, 3.05) is 13.2 Å². The number of furan rings is 1. The zero-order valence-corrected chi connectivity index (χ0v) is 18.0. The molecule has 0 radical (unpaired) electrons. The standard InChI is InChI=1S/C27H31NO3/c29-23(17-28-22-14-13-19-7-1-2-8-20(19)15-22)18-30-26-12-6-4-10-24(26)27-16-21-9-3-5-11-25(21)31-27/h1-2,4,6-8,10,12,16,22-23,28-29H,3,5,9,11,13-15,17-18H2. The Labute approximate surface area is 184 Å². The summed E-state index contributed by atoms with van der Waals surface area (Å²) in [6, 6.07) is 19.2. The minimum atomic E-state index is -0.560. The van der Waals surface area contributed by atoms with E-state index in [0.29, 0.717) is 12.6 Å². The highest BCUT2D eigenvalue weighted by Gasteiger charge is 2.20. The summed E-state index contributed by atoms with van der Waals surface area (Å²) in [5.41, 5.74) is 5.17. The molecular weight excluding hydrogens is 386 g/mol. The Balaban J connectivity index is 1.17. The van der Waals surface area contributed by atoms with Crippen LogP contribution in [0.2, 0.25) is 0 Å². The quantitative estimate of drug-likeness (QED) is 0.584. The molecule has 1 heterocycles. The van der Waals surface area contributed by atoms with E-state index in [9.17, 15) is 5.11 Å². The first-order valence-electron chi connectivity index (χ1n) is 11.6. The third kappa shape index (κ3) is 4.70. The number of hydrogen-bond donors (Lipinski definition) is 2. The van der Waals surface area contributed by atoms with Gasteiger partial charge in [-0.1, -0.05) is 36.4 Å². The molecule has 2 unspecified atom stereocenters. The van der Waals surface area contributed by atoms with E-state index in [2.05, 4.69) is 35.6 Å². The number of fused-ring (bicyclic) bond motifs is 2. The number of aliphatic hydroxyl groups is 1. The van der Waals surface area contributed by atoms with Crippen LogP contribution in [0, 0.1) is 0 Å². The molecule has 0 aliphatic heterocycles. The topological polar surface area (TPSA) is 54.6 Å². The number of ether oxygens (including phenoxy) is 1. The van der Waals surface area contributed by atoms with Crippen molar-refractivity contribution >= 4 is 0 Å². The zero-order chi connectivity index (χ0) is 21.0. The summed E-state index contributed by atoms with van der Waals surface area (Å²) < 4.78 is 12.2. The van der Waals surface area contributed by atoms with Gasteiger partial charge < -0.3 is 19.6 Å². The van der Waals surface area contributed by atoms with E-state index in [1.54, 1.807) is 0 Å². The molecule has 2 aliphatic carbocycles. The normalized spacial score (nSPS) is 18.8. The fourth-order valence-electron chi connectivity index (χ4n) is 4.84. The number of aliphatic hydroxyl groups excluding tert-OH is 1. The highest BCUT2D eigenvalue weighted by atomic mass is 16.5. The maximum absolute atomic E-state index is 10.5. The van der Waals surface area contributed by atoms with Gasteiger partial charge in [0.15, 0.2) is 0 Å². The first-order valence-corrected chi connectivity index (χ1v) is 11.6. The molecule has 31 heavy (non-hydrogen) atoms. The number of para-hydroxylation sites is 1. The maximum atomic E-state index is 10.5. The number of rotatable bonds is 7. The van der Waals surface area contributed by atoms with Gasteiger partial charge in [-0.3, -0.25) is 0 Å². The lowest BCUT2D eigenvalue weighted by Crippen LogP contribution is -2.40. The molecule has 4 heteroatoms. The van der Waals surface area contributed by atoms with Crippen molar-refractivity contribution in [1.29, 1.82) is 0 Å². The van der Waals surface area contributed by atoms with E-state index in [1.165, 1.54) is 29.5 Å². The number of hydrogen-bond acceptors (Lipinski definition) is 4. The molecule has 0 bridgehead atoms. The van der Waals surface area contributed by atoms with E-state index in [-0.39, 0.29) is 6.61 Å². The van der Waals surface area contributed by atoms with Crippen molar-refractivity contribution < 1.29 is 14.3 Å². The van der Waals surface area contributed by atoms with Gasteiger partial charge in [0, 0.05) is 19.0 Å². The van der Waals surface area contributed by atoms with Gasteiger partial charge >= 0.3 is 0 Å². The van der Waals surface area contributed by atoms with E-state index in [4.69, 9.17) is 9.15 Å². The maximum Gasteiger partial charge on any atom is 0.138 e. The Bertz CT molecular complexity index is 1000. The second-order valence-electron chi connectivity index (χ2n) is 8.84. The zero-order valence-electron chi connectivity index (χ0n) is 18.0. The average Bonchev–Trinajstić information content (AvgIpc) is 3.25. The number of aryl methyl sites for hydroxylation is 3. The first-order chi connectivity index (χ1) is 15.3. The van der Waals surface area contributed by atoms with Crippen LogP contribution >= 0.6 is 0 Å². The Morgan fingerprint density at radius 1 is 0.968 bits per heavy atom. The van der Waals surface area contributed by atoms with E-state index >= 15 is 0 Å². The summed E-state index contributed by atoms with van der Waals surface area (Å²) in [5, 5.41) is 14.0. The summed E-state index contributed by atoms with van der Waals surface area (Å²) >= 11 is 0. The fraction of sp³-hybridized carbons (Fsp3) is 0.407. The molecule has 4 nitrogen and oxygen atoms in total. The highest BCUT2D eigenvalue weighted by Crippen LogP contribution is 2.35. The highest BCUT2D eigenvalue weighted by molar-refractivity contribution is 5.66. The van der Waals surface area contributed by atoms with Gasteiger partial charge in [0.1, 0.15) is 30.0 Å². The van der Waals surface area contributed by atoms with Crippen molar-refractivity contribution in [1.82, 2.24) is 5.32 Å². The van der Waals surface area contributed by atoms with Gasteiger partial charge in [-0.25, -0.2) is 0 Å². The van der Waals surface area contributed by atoms with Gasteiger partial charge in [-0.15, -0.1) is 0 Å². The summed E-state index contributed by atoms with van der Waals surface area (Å²) in [4.78, 5) is 0. The Morgan fingerprint density at radius 3 is 2.68 bits per heavy atom. The van der Waals surface area contributed by atoms with Gasteiger partial charge in [0.05, 0.1) is 5.56 Å². The lowest BCUT2D eigenvalue weighted by atomic mass is 9.88. The number of benzene rings is 2. The van der Waals surface area contributed by atoms with E-state index in [0.717, 1.165) is 54.9 Å². The second kappa shape index (κ2) is 9.29. The van der Waals surface area contributed by atoms with Crippen LogP contribution < -0.4 is 10.1 Å². The molecular formula is C27H31NO3. The van der Waals surface area contributed by atoms with Crippen molar-refractivity contribution in [3.8, 4) is 17.1 Å². The summed E-state index contributed by atoms with van der Waals surface area (Å²) in [6.07, 6.45) is 7.22. The van der Waals surface area contributed by atoms with Crippen molar-refractivity contribution in [3.63, 3.8) is 0 Å². The van der Waals surface area contributed by atoms with Crippen molar-refractivity contribution in [2.24, 2.45) is 0 Å². The predicted molar refractivity (Wildman–Crippen MR) is 123 cm³/mol. The van der Waals surface area contributed by atoms with Crippen LogP contribution in [0.1, 0.15) is 41.7 Å². The molecule has 1 aromatic heterocycles. The molecule has 2 atom stereocenters. The summed E-state index contributed by atoms with van der Waals surface area (Å²) in [6.45, 7) is 0.789. The Kier molecular flexibility index (Phi) is 6.10. The van der Waals surface area contributed by atoms with E-state index < -0.39 is 6.10 Å². The molecule has 5 rings (SSSR count). The predicted octanol–water partition coefficient (Wildman–Crippen LogP) is 4.71. The van der Waals surface area contributed by atoms with Crippen LogP contribution in [0.5, 0.6) is 5.75 Å². The molecule has 2 aromatic carbocycles. The SMILES string of the molecule is OC(CNC1CCc2ccccc2C1)COc1ccccc1-c1cc2c(o1)CCCC2. The molecule has 3 aromatic rings. The molecule has 0 saturated heterocycles. The van der Waals surface area contributed by atoms with Crippen LogP contribution in [0.4, 0.5) is 0 Å². The van der Waals surface area contributed by atoms with Crippen LogP contribution in [0.25, 0.3) is 11.3 Å². The molecule has 0 amide bonds. The minimum Gasteiger partial charge on any atom is -0.490 e. The number of nitrogens with one attached hydrogen (secondary N) is 1. The summed E-state index contributed by atoms with van der Waals surface area (Å²) in [5.74, 6) is 2.75. The lowest BCUT2D eigenvalue weighted by molar-refractivity contribution is 0.103. The van der Waals surface area contributed by atoms with Crippen LogP contribution in [0.15, 0.2) is 59.0 Å². The molecule has 0 saturated carbocycles. The second-order valence-corrected chi connectivity index (χ2v) is 8.84. The monoisotopic (exact) mass is 417 g/mol. The third-order valence-corrected chi connectivity index (χ3v) is 6.57. The molecule has 162 valence electrons. The van der Waals surface area contributed by atoms with Gasteiger partial charge in [0.2, 0.25) is 0 Å². The largest absolute Gasteiger partial charge is 0.490 e.